The zero-order chi connectivity index (χ0) is 12.7. The van der Waals surface area contributed by atoms with Crippen LogP contribution in [0.1, 0.15) is 26.2 Å². The second-order valence-corrected chi connectivity index (χ2v) is 5.14. The highest BCUT2D eigenvalue weighted by atomic mass is 16.2. The SMILES string of the molecule is CCN(CCC(=O)N(C)C)CC1CCCNC1. The molecule has 1 rings (SSSR count). The Morgan fingerprint density at radius 3 is 2.71 bits per heavy atom. The summed E-state index contributed by atoms with van der Waals surface area (Å²) in [6, 6.07) is 0. The molecule has 0 aliphatic carbocycles. The van der Waals surface area contributed by atoms with Crippen molar-refractivity contribution in [1.29, 1.82) is 0 Å². The Kier molecular flexibility index (Phi) is 6.52. The van der Waals surface area contributed by atoms with Crippen LogP contribution in [0, 0.1) is 5.92 Å². The predicted octanol–water partition coefficient (Wildman–Crippen LogP) is 0.786. The number of piperidine rings is 1. The Hall–Kier alpha value is -0.610. The zero-order valence-electron chi connectivity index (χ0n) is 11.5. The van der Waals surface area contributed by atoms with Gasteiger partial charge >= 0.3 is 0 Å². The van der Waals surface area contributed by atoms with E-state index in [0.717, 1.165) is 32.1 Å². The molecule has 100 valence electrons. The van der Waals surface area contributed by atoms with Gasteiger partial charge in [-0.25, -0.2) is 0 Å². The fraction of sp³-hybridized carbons (Fsp3) is 0.923. The molecule has 1 saturated heterocycles. The van der Waals surface area contributed by atoms with Crippen molar-refractivity contribution >= 4 is 5.91 Å². The molecular formula is C13H27N3O. The first-order valence-electron chi connectivity index (χ1n) is 6.76. The molecule has 17 heavy (non-hydrogen) atoms. The highest BCUT2D eigenvalue weighted by Gasteiger charge is 2.16. The van der Waals surface area contributed by atoms with Crippen LogP contribution in [0.25, 0.3) is 0 Å². The summed E-state index contributed by atoms with van der Waals surface area (Å²) in [4.78, 5) is 15.6. The summed E-state index contributed by atoms with van der Waals surface area (Å²) in [5.41, 5.74) is 0. The van der Waals surface area contributed by atoms with E-state index in [-0.39, 0.29) is 5.91 Å². The largest absolute Gasteiger partial charge is 0.349 e. The second-order valence-electron chi connectivity index (χ2n) is 5.14. The Labute approximate surface area is 105 Å². The number of carbonyl (C=O) groups is 1. The standard InChI is InChI=1S/C13H27N3O/c1-4-16(9-7-13(17)15(2)3)11-12-6-5-8-14-10-12/h12,14H,4-11H2,1-3H3. The van der Waals surface area contributed by atoms with Crippen LogP contribution in [0.15, 0.2) is 0 Å². The number of rotatable bonds is 6. The minimum absolute atomic E-state index is 0.227. The van der Waals surface area contributed by atoms with Crippen LogP contribution in [-0.4, -0.2) is 62.5 Å². The average Bonchev–Trinajstić information content (AvgIpc) is 2.35. The van der Waals surface area contributed by atoms with E-state index in [9.17, 15) is 4.79 Å². The van der Waals surface area contributed by atoms with E-state index in [1.54, 1.807) is 4.90 Å². The molecule has 0 aromatic rings. The van der Waals surface area contributed by atoms with Crippen molar-refractivity contribution in [3.05, 3.63) is 0 Å². The average molecular weight is 241 g/mol. The summed E-state index contributed by atoms with van der Waals surface area (Å²) in [5, 5.41) is 3.45. The number of hydrogen-bond donors (Lipinski definition) is 1. The van der Waals surface area contributed by atoms with Gasteiger partial charge in [0.1, 0.15) is 0 Å². The van der Waals surface area contributed by atoms with Crippen LogP contribution >= 0.6 is 0 Å². The third kappa shape index (κ3) is 5.50. The lowest BCUT2D eigenvalue weighted by atomic mass is 9.99. The molecule has 1 amide bonds. The van der Waals surface area contributed by atoms with E-state index >= 15 is 0 Å². The molecule has 1 aliphatic rings. The Morgan fingerprint density at radius 2 is 2.18 bits per heavy atom. The van der Waals surface area contributed by atoms with Gasteiger partial charge in [0, 0.05) is 33.6 Å². The topological polar surface area (TPSA) is 35.6 Å². The first-order chi connectivity index (χ1) is 8.13. The van der Waals surface area contributed by atoms with Crippen molar-refractivity contribution in [2.24, 2.45) is 5.92 Å². The minimum Gasteiger partial charge on any atom is -0.349 e. The van der Waals surface area contributed by atoms with Gasteiger partial charge < -0.3 is 15.1 Å². The number of nitrogens with zero attached hydrogens (tertiary/aromatic N) is 2. The summed E-state index contributed by atoms with van der Waals surface area (Å²) in [6.45, 7) is 7.54. The molecule has 1 N–H and O–H groups in total. The van der Waals surface area contributed by atoms with Crippen molar-refractivity contribution in [3.8, 4) is 0 Å². The van der Waals surface area contributed by atoms with Crippen LogP contribution in [0.3, 0.4) is 0 Å². The van der Waals surface area contributed by atoms with Gasteiger partial charge in [0.05, 0.1) is 0 Å². The van der Waals surface area contributed by atoms with Crippen LogP contribution in [-0.2, 0) is 4.79 Å². The smallest absolute Gasteiger partial charge is 0.223 e. The molecule has 1 atom stereocenters. The zero-order valence-corrected chi connectivity index (χ0v) is 11.5. The molecule has 0 aromatic carbocycles. The lowest BCUT2D eigenvalue weighted by molar-refractivity contribution is -0.129. The Morgan fingerprint density at radius 1 is 1.41 bits per heavy atom. The number of hydrogen-bond acceptors (Lipinski definition) is 3. The van der Waals surface area contributed by atoms with Gasteiger partial charge in [0.15, 0.2) is 0 Å². The molecule has 0 aromatic heterocycles. The fourth-order valence-electron chi connectivity index (χ4n) is 2.30. The predicted molar refractivity (Wildman–Crippen MR) is 71.0 cm³/mol. The van der Waals surface area contributed by atoms with E-state index in [0.29, 0.717) is 6.42 Å². The van der Waals surface area contributed by atoms with E-state index in [1.165, 1.54) is 19.4 Å². The van der Waals surface area contributed by atoms with Crippen LogP contribution in [0.5, 0.6) is 0 Å². The summed E-state index contributed by atoms with van der Waals surface area (Å²) in [6.07, 6.45) is 3.25. The summed E-state index contributed by atoms with van der Waals surface area (Å²) in [7, 11) is 3.65. The van der Waals surface area contributed by atoms with Gasteiger partial charge in [0.2, 0.25) is 5.91 Å². The number of amides is 1. The maximum atomic E-state index is 11.5. The van der Waals surface area contributed by atoms with E-state index < -0.39 is 0 Å². The van der Waals surface area contributed by atoms with Crippen molar-refractivity contribution in [2.75, 3.05) is 46.8 Å². The second kappa shape index (κ2) is 7.67. The summed E-state index contributed by atoms with van der Waals surface area (Å²) >= 11 is 0. The van der Waals surface area contributed by atoms with Gasteiger partial charge in [-0.15, -0.1) is 0 Å². The lowest BCUT2D eigenvalue weighted by Gasteiger charge is -2.29. The van der Waals surface area contributed by atoms with E-state index in [4.69, 9.17) is 0 Å². The van der Waals surface area contributed by atoms with Gasteiger partial charge in [-0.1, -0.05) is 6.92 Å². The van der Waals surface area contributed by atoms with Gasteiger partial charge in [-0.2, -0.15) is 0 Å². The molecule has 0 spiro atoms. The molecule has 4 nitrogen and oxygen atoms in total. The molecule has 1 unspecified atom stereocenters. The van der Waals surface area contributed by atoms with E-state index in [1.807, 2.05) is 14.1 Å². The quantitative estimate of drug-likeness (QED) is 0.747. The van der Waals surface area contributed by atoms with Gasteiger partial charge in [-0.05, 0) is 38.4 Å². The van der Waals surface area contributed by atoms with Crippen molar-refractivity contribution in [1.82, 2.24) is 15.1 Å². The van der Waals surface area contributed by atoms with Crippen LogP contribution in [0.2, 0.25) is 0 Å². The third-order valence-electron chi connectivity index (χ3n) is 3.50. The highest BCUT2D eigenvalue weighted by Crippen LogP contribution is 2.11. The minimum atomic E-state index is 0.227. The molecular weight excluding hydrogens is 214 g/mol. The molecule has 1 heterocycles. The first kappa shape index (κ1) is 14.5. The molecule has 4 heteroatoms. The summed E-state index contributed by atoms with van der Waals surface area (Å²) in [5.74, 6) is 0.989. The molecule has 0 saturated carbocycles. The number of nitrogens with one attached hydrogen (secondary N) is 1. The number of carbonyl (C=O) groups excluding carboxylic acids is 1. The first-order valence-corrected chi connectivity index (χ1v) is 6.76. The normalized spacial score (nSPS) is 20.6. The molecule has 1 aliphatic heterocycles. The Bertz CT molecular complexity index is 225. The molecule has 0 bridgehead atoms. The van der Waals surface area contributed by atoms with Crippen LogP contribution < -0.4 is 5.32 Å². The lowest BCUT2D eigenvalue weighted by Crippen LogP contribution is -2.39. The van der Waals surface area contributed by atoms with Crippen molar-refractivity contribution < 1.29 is 4.79 Å². The fourth-order valence-corrected chi connectivity index (χ4v) is 2.30. The van der Waals surface area contributed by atoms with Crippen LogP contribution in [0.4, 0.5) is 0 Å². The molecule has 0 radical (unpaired) electrons. The maximum absolute atomic E-state index is 11.5. The maximum Gasteiger partial charge on any atom is 0.223 e. The van der Waals surface area contributed by atoms with Crippen molar-refractivity contribution in [3.63, 3.8) is 0 Å². The van der Waals surface area contributed by atoms with Crippen molar-refractivity contribution in [2.45, 2.75) is 26.2 Å². The third-order valence-corrected chi connectivity index (χ3v) is 3.50. The van der Waals surface area contributed by atoms with Gasteiger partial charge in [0.25, 0.3) is 0 Å². The van der Waals surface area contributed by atoms with Gasteiger partial charge in [-0.3, -0.25) is 4.79 Å². The molecule has 1 fully saturated rings. The highest BCUT2D eigenvalue weighted by molar-refractivity contribution is 5.75. The van der Waals surface area contributed by atoms with E-state index in [2.05, 4.69) is 17.1 Å². The monoisotopic (exact) mass is 241 g/mol. The summed E-state index contributed by atoms with van der Waals surface area (Å²) < 4.78 is 0. The Balaban J connectivity index is 2.25.